The van der Waals surface area contributed by atoms with Gasteiger partial charge in [0.25, 0.3) is 0 Å². The maximum absolute atomic E-state index is 11.8. The van der Waals surface area contributed by atoms with Crippen LogP contribution in [0.15, 0.2) is 0 Å². The normalized spacial score (nSPS) is 23.9. The summed E-state index contributed by atoms with van der Waals surface area (Å²) in [7, 11) is 1.84. The molecule has 16 heavy (non-hydrogen) atoms. The molecule has 0 spiro atoms. The second-order valence-corrected chi connectivity index (χ2v) is 5.70. The van der Waals surface area contributed by atoms with Crippen molar-refractivity contribution in [2.45, 2.75) is 45.7 Å². The third-order valence-electron chi connectivity index (χ3n) is 3.29. The van der Waals surface area contributed by atoms with Gasteiger partial charge in [-0.1, -0.05) is 20.8 Å². The lowest BCUT2D eigenvalue weighted by Gasteiger charge is -2.33. The van der Waals surface area contributed by atoms with Crippen molar-refractivity contribution in [2.75, 3.05) is 20.2 Å². The Bertz CT molecular complexity index is 248. The van der Waals surface area contributed by atoms with Gasteiger partial charge >= 0.3 is 0 Å². The summed E-state index contributed by atoms with van der Waals surface area (Å²) in [5, 5.41) is 12.4. The Morgan fingerprint density at radius 1 is 1.56 bits per heavy atom. The van der Waals surface area contributed by atoms with Crippen molar-refractivity contribution in [1.82, 2.24) is 10.2 Å². The number of hydrogen-bond donors (Lipinski definition) is 2. The average Bonchev–Trinajstić information content (AvgIpc) is 2.47. The topological polar surface area (TPSA) is 52.6 Å². The van der Waals surface area contributed by atoms with Crippen molar-refractivity contribution in [3.8, 4) is 0 Å². The van der Waals surface area contributed by atoms with Gasteiger partial charge in [-0.25, -0.2) is 0 Å². The first-order chi connectivity index (χ1) is 7.36. The van der Waals surface area contributed by atoms with E-state index >= 15 is 0 Å². The molecular weight excluding hydrogens is 204 g/mol. The number of amides is 1. The molecule has 2 unspecified atom stereocenters. The highest BCUT2D eigenvalue weighted by molar-refractivity contribution is 5.83. The van der Waals surface area contributed by atoms with E-state index in [1.54, 1.807) is 4.90 Å². The van der Waals surface area contributed by atoms with Gasteiger partial charge in [-0.2, -0.15) is 0 Å². The van der Waals surface area contributed by atoms with Crippen LogP contribution in [0.3, 0.4) is 0 Å². The van der Waals surface area contributed by atoms with Crippen molar-refractivity contribution in [1.29, 1.82) is 0 Å². The summed E-state index contributed by atoms with van der Waals surface area (Å²) in [6.45, 7) is 7.37. The van der Waals surface area contributed by atoms with Crippen LogP contribution in [0.4, 0.5) is 0 Å². The van der Waals surface area contributed by atoms with E-state index in [-0.39, 0.29) is 30.0 Å². The van der Waals surface area contributed by atoms with Crippen molar-refractivity contribution in [2.24, 2.45) is 5.41 Å². The van der Waals surface area contributed by atoms with Crippen LogP contribution < -0.4 is 5.32 Å². The molecule has 0 aromatic carbocycles. The monoisotopic (exact) mass is 228 g/mol. The fourth-order valence-electron chi connectivity index (χ4n) is 2.12. The van der Waals surface area contributed by atoms with E-state index in [4.69, 9.17) is 5.11 Å². The smallest absolute Gasteiger partial charge is 0.239 e. The van der Waals surface area contributed by atoms with Gasteiger partial charge in [0, 0.05) is 26.2 Å². The van der Waals surface area contributed by atoms with E-state index in [1.165, 1.54) is 0 Å². The van der Waals surface area contributed by atoms with Gasteiger partial charge in [0.05, 0.1) is 6.04 Å². The van der Waals surface area contributed by atoms with Gasteiger partial charge in [-0.05, 0) is 18.3 Å². The Balaban J connectivity index is 2.59. The lowest BCUT2D eigenvalue weighted by molar-refractivity contribution is -0.128. The fraction of sp³-hybridized carbons (Fsp3) is 0.917. The van der Waals surface area contributed by atoms with Crippen molar-refractivity contribution in [3.63, 3.8) is 0 Å². The lowest BCUT2D eigenvalue weighted by Crippen LogP contribution is -2.49. The van der Waals surface area contributed by atoms with Gasteiger partial charge in [0.2, 0.25) is 5.91 Å². The first kappa shape index (κ1) is 13.5. The van der Waals surface area contributed by atoms with E-state index in [9.17, 15) is 4.79 Å². The lowest BCUT2D eigenvalue weighted by atomic mass is 9.84. The molecule has 0 bridgehead atoms. The van der Waals surface area contributed by atoms with Crippen LogP contribution in [-0.4, -0.2) is 48.2 Å². The molecule has 1 heterocycles. The molecule has 1 aliphatic heterocycles. The Morgan fingerprint density at radius 2 is 2.19 bits per heavy atom. The summed E-state index contributed by atoms with van der Waals surface area (Å²) in [6, 6.07) is 0.110. The second kappa shape index (κ2) is 5.15. The highest BCUT2D eigenvalue weighted by Crippen LogP contribution is 2.23. The molecular formula is C12H24N2O2. The zero-order valence-electron chi connectivity index (χ0n) is 10.8. The van der Waals surface area contributed by atoms with Crippen LogP contribution in [0.1, 0.15) is 33.6 Å². The van der Waals surface area contributed by atoms with Gasteiger partial charge < -0.3 is 15.3 Å². The van der Waals surface area contributed by atoms with E-state index in [0.717, 1.165) is 13.0 Å². The second-order valence-electron chi connectivity index (χ2n) is 5.70. The number of carbonyl (C=O) groups excluding carboxylic acids is 1. The standard InChI is InChI=1S/C12H24N2O2/c1-12(2,3)10(6-8-15)13-9-5-7-14(4)11(9)16/h9-10,13,15H,5-8H2,1-4H3. The number of hydrogen-bond acceptors (Lipinski definition) is 3. The summed E-state index contributed by atoms with van der Waals surface area (Å²) in [5.41, 5.74) is 0.0597. The third-order valence-corrected chi connectivity index (χ3v) is 3.29. The van der Waals surface area contributed by atoms with Gasteiger partial charge in [0.1, 0.15) is 0 Å². The maximum atomic E-state index is 11.8. The van der Waals surface area contributed by atoms with E-state index in [0.29, 0.717) is 6.42 Å². The minimum atomic E-state index is -0.0687. The predicted molar refractivity (Wildman–Crippen MR) is 64.1 cm³/mol. The Kier molecular flexibility index (Phi) is 4.33. The molecule has 2 N–H and O–H groups in total. The molecule has 0 radical (unpaired) electrons. The molecule has 1 aliphatic rings. The predicted octanol–water partition coefficient (Wildman–Crippen LogP) is 0.604. The minimum absolute atomic E-state index is 0.0597. The third kappa shape index (κ3) is 3.19. The van der Waals surface area contributed by atoms with Crippen LogP contribution in [0.25, 0.3) is 0 Å². The number of carbonyl (C=O) groups is 1. The van der Waals surface area contributed by atoms with E-state index in [2.05, 4.69) is 26.1 Å². The quantitative estimate of drug-likeness (QED) is 0.741. The number of aliphatic hydroxyl groups excluding tert-OH is 1. The molecule has 1 saturated heterocycles. The van der Waals surface area contributed by atoms with Crippen LogP contribution in [-0.2, 0) is 4.79 Å². The van der Waals surface area contributed by atoms with Crippen LogP contribution in [0.5, 0.6) is 0 Å². The highest BCUT2D eigenvalue weighted by atomic mass is 16.3. The van der Waals surface area contributed by atoms with Crippen molar-refractivity contribution < 1.29 is 9.90 Å². The molecule has 2 atom stereocenters. The van der Waals surface area contributed by atoms with Gasteiger partial charge in [0.15, 0.2) is 0 Å². The fourth-order valence-corrected chi connectivity index (χ4v) is 2.12. The zero-order chi connectivity index (χ0) is 12.3. The van der Waals surface area contributed by atoms with Crippen LogP contribution in [0, 0.1) is 5.41 Å². The average molecular weight is 228 g/mol. The Morgan fingerprint density at radius 3 is 2.56 bits per heavy atom. The maximum Gasteiger partial charge on any atom is 0.239 e. The molecule has 4 nitrogen and oxygen atoms in total. The molecule has 0 aromatic rings. The first-order valence-corrected chi connectivity index (χ1v) is 5.98. The number of likely N-dealkylation sites (N-methyl/N-ethyl adjacent to an activating group) is 1. The van der Waals surface area contributed by atoms with Crippen LogP contribution in [0.2, 0.25) is 0 Å². The highest BCUT2D eigenvalue weighted by Gasteiger charge is 2.33. The molecule has 0 aromatic heterocycles. The first-order valence-electron chi connectivity index (χ1n) is 5.98. The number of likely N-dealkylation sites (tertiary alicyclic amines) is 1. The van der Waals surface area contributed by atoms with Gasteiger partial charge in [-0.15, -0.1) is 0 Å². The Labute approximate surface area is 98.0 Å². The number of nitrogens with zero attached hydrogens (tertiary/aromatic N) is 1. The zero-order valence-corrected chi connectivity index (χ0v) is 10.8. The molecule has 4 heteroatoms. The van der Waals surface area contributed by atoms with Crippen LogP contribution >= 0.6 is 0 Å². The molecule has 1 amide bonds. The largest absolute Gasteiger partial charge is 0.396 e. The summed E-state index contributed by atoms with van der Waals surface area (Å²) in [5.74, 6) is 0.173. The summed E-state index contributed by atoms with van der Waals surface area (Å²) >= 11 is 0. The van der Waals surface area contributed by atoms with Crippen molar-refractivity contribution in [3.05, 3.63) is 0 Å². The van der Waals surface area contributed by atoms with Crippen molar-refractivity contribution >= 4 is 5.91 Å². The number of nitrogens with one attached hydrogen (secondary N) is 1. The SMILES string of the molecule is CN1CCC(NC(CCO)C(C)(C)C)C1=O. The summed E-state index contributed by atoms with van der Waals surface area (Å²) in [4.78, 5) is 13.5. The van der Waals surface area contributed by atoms with Gasteiger partial charge in [-0.3, -0.25) is 4.79 Å². The molecule has 0 aliphatic carbocycles. The summed E-state index contributed by atoms with van der Waals surface area (Å²) in [6.07, 6.45) is 1.56. The minimum Gasteiger partial charge on any atom is -0.396 e. The van der Waals surface area contributed by atoms with E-state index in [1.807, 2.05) is 7.05 Å². The molecule has 1 rings (SSSR count). The molecule has 1 fully saturated rings. The summed E-state index contributed by atoms with van der Waals surface area (Å²) < 4.78 is 0. The molecule has 0 saturated carbocycles. The molecule has 94 valence electrons. The Hall–Kier alpha value is -0.610. The number of rotatable bonds is 4. The van der Waals surface area contributed by atoms with E-state index < -0.39 is 0 Å². The number of aliphatic hydroxyl groups is 1.